The zero-order valence-corrected chi connectivity index (χ0v) is 11.5. The maximum absolute atomic E-state index is 11.8. The summed E-state index contributed by atoms with van der Waals surface area (Å²) in [7, 11) is 0. The topological polar surface area (TPSA) is 73.9 Å². The number of nitrogens with two attached hydrogens (primary N) is 1. The average molecular weight is 274 g/mol. The first kappa shape index (κ1) is 13.1. The Balaban J connectivity index is 1.65. The van der Waals surface area contributed by atoms with Crippen molar-refractivity contribution in [1.82, 2.24) is 0 Å². The molecule has 106 valence electrons. The monoisotopic (exact) mass is 274 g/mol. The lowest BCUT2D eigenvalue weighted by Crippen LogP contribution is -2.66. The number of nitrogens with zero attached hydrogens (tertiary/aromatic N) is 1. The number of oxime groups is 1. The first-order valence-corrected chi connectivity index (χ1v) is 6.84. The van der Waals surface area contributed by atoms with Crippen LogP contribution in [-0.2, 0) is 14.4 Å². The highest BCUT2D eigenvalue weighted by Gasteiger charge is 2.62. The highest BCUT2D eigenvalue weighted by Crippen LogP contribution is 2.48. The summed E-state index contributed by atoms with van der Waals surface area (Å²) in [5.41, 5.74) is 6.69. The molecule has 0 bridgehead atoms. The minimum Gasteiger partial charge on any atom is -0.465 e. The van der Waals surface area contributed by atoms with Crippen LogP contribution in [0.15, 0.2) is 35.5 Å². The van der Waals surface area contributed by atoms with Crippen molar-refractivity contribution in [1.29, 1.82) is 0 Å². The molecule has 0 radical (unpaired) electrons. The first-order chi connectivity index (χ1) is 9.57. The Bertz CT molecular complexity index is 547. The van der Waals surface area contributed by atoms with Gasteiger partial charge in [-0.05, 0) is 12.5 Å². The van der Waals surface area contributed by atoms with E-state index in [1.54, 1.807) is 6.92 Å². The van der Waals surface area contributed by atoms with E-state index in [9.17, 15) is 4.79 Å². The normalized spacial score (nSPS) is 31.4. The van der Waals surface area contributed by atoms with Gasteiger partial charge >= 0.3 is 5.97 Å². The Morgan fingerprint density at radius 1 is 1.40 bits per heavy atom. The zero-order valence-electron chi connectivity index (χ0n) is 11.5. The molecule has 1 aromatic rings. The molecule has 0 atom stereocenters. The molecule has 1 saturated carbocycles. The predicted molar refractivity (Wildman–Crippen MR) is 74.2 cm³/mol. The van der Waals surface area contributed by atoms with Crippen LogP contribution in [0.25, 0.3) is 0 Å². The van der Waals surface area contributed by atoms with Crippen molar-refractivity contribution in [2.24, 2.45) is 10.9 Å². The van der Waals surface area contributed by atoms with E-state index < -0.39 is 11.1 Å². The average Bonchev–Trinajstić information content (AvgIpc) is 2.84. The number of hydrogen-bond donors (Lipinski definition) is 1. The van der Waals surface area contributed by atoms with E-state index in [2.05, 4.69) is 5.16 Å². The molecule has 0 unspecified atom stereocenters. The Hall–Kier alpha value is -1.88. The van der Waals surface area contributed by atoms with Crippen LogP contribution in [0.3, 0.4) is 0 Å². The third kappa shape index (κ3) is 2.08. The molecule has 3 rings (SSSR count). The molecular formula is C15H18N2O3. The van der Waals surface area contributed by atoms with Gasteiger partial charge in [-0.2, -0.15) is 0 Å². The Morgan fingerprint density at radius 3 is 2.75 bits per heavy atom. The van der Waals surface area contributed by atoms with Gasteiger partial charge < -0.3 is 15.3 Å². The number of carbonyl (C=O) groups is 1. The number of benzene rings is 1. The van der Waals surface area contributed by atoms with E-state index in [-0.39, 0.29) is 5.97 Å². The molecule has 0 saturated heterocycles. The highest BCUT2D eigenvalue weighted by molar-refractivity contribution is 6.02. The van der Waals surface area contributed by atoms with Gasteiger partial charge in [0.15, 0.2) is 0 Å². The van der Waals surface area contributed by atoms with Crippen LogP contribution in [0.4, 0.5) is 0 Å². The summed E-state index contributed by atoms with van der Waals surface area (Å²) < 4.78 is 5.01. The highest BCUT2D eigenvalue weighted by atomic mass is 16.7. The second kappa shape index (κ2) is 4.59. The van der Waals surface area contributed by atoms with Crippen molar-refractivity contribution in [3.8, 4) is 0 Å². The van der Waals surface area contributed by atoms with Crippen LogP contribution in [0.1, 0.15) is 31.7 Å². The summed E-state index contributed by atoms with van der Waals surface area (Å²) in [5, 5.41) is 4.16. The van der Waals surface area contributed by atoms with Crippen LogP contribution in [-0.4, -0.2) is 29.4 Å². The van der Waals surface area contributed by atoms with Gasteiger partial charge in [0.25, 0.3) is 0 Å². The lowest BCUT2D eigenvalue weighted by atomic mass is 9.63. The van der Waals surface area contributed by atoms with E-state index in [0.717, 1.165) is 11.3 Å². The lowest BCUT2D eigenvalue weighted by molar-refractivity contribution is -0.173. The number of ether oxygens (including phenoxy) is 1. The van der Waals surface area contributed by atoms with Crippen molar-refractivity contribution in [2.75, 3.05) is 6.61 Å². The third-order valence-corrected chi connectivity index (χ3v) is 3.90. The number of hydrogen-bond acceptors (Lipinski definition) is 5. The summed E-state index contributed by atoms with van der Waals surface area (Å²) in [6.45, 7) is 2.12. The maximum Gasteiger partial charge on any atom is 0.326 e. The molecule has 2 aliphatic rings. The SMILES string of the molecule is CCOC(=O)C1(N)CC2(CC(c3ccccc3)=NO2)C1. The minimum atomic E-state index is -0.919. The van der Waals surface area contributed by atoms with Crippen LogP contribution in [0, 0.1) is 0 Å². The summed E-state index contributed by atoms with van der Waals surface area (Å²) >= 11 is 0. The van der Waals surface area contributed by atoms with Gasteiger partial charge in [-0.3, -0.25) is 4.79 Å². The van der Waals surface area contributed by atoms with Gasteiger partial charge in [-0.25, -0.2) is 0 Å². The number of rotatable bonds is 3. The van der Waals surface area contributed by atoms with Crippen LogP contribution in [0.5, 0.6) is 0 Å². The molecule has 0 amide bonds. The minimum absolute atomic E-state index is 0.345. The largest absolute Gasteiger partial charge is 0.465 e. The standard InChI is InChI=1S/C15H18N2O3/c1-2-19-13(18)15(16)9-14(10-15)8-12(17-20-14)11-6-4-3-5-7-11/h3-7H,2,8-10,16H2,1H3. The maximum atomic E-state index is 11.8. The van der Waals surface area contributed by atoms with Crippen molar-refractivity contribution in [3.05, 3.63) is 35.9 Å². The fourth-order valence-electron chi connectivity index (χ4n) is 3.01. The molecular weight excluding hydrogens is 256 g/mol. The van der Waals surface area contributed by atoms with Crippen molar-refractivity contribution < 1.29 is 14.4 Å². The number of esters is 1. The Kier molecular flexibility index (Phi) is 3.01. The molecule has 5 heteroatoms. The second-order valence-corrected chi connectivity index (χ2v) is 5.59. The van der Waals surface area contributed by atoms with Crippen LogP contribution >= 0.6 is 0 Å². The molecule has 1 aliphatic carbocycles. The van der Waals surface area contributed by atoms with Gasteiger partial charge in [-0.15, -0.1) is 0 Å². The van der Waals surface area contributed by atoms with E-state index in [1.807, 2.05) is 30.3 Å². The number of carbonyl (C=O) groups excluding carboxylic acids is 1. The quantitative estimate of drug-likeness (QED) is 0.850. The van der Waals surface area contributed by atoms with Crippen molar-refractivity contribution >= 4 is 11.7 Å². The molecule has 1 heterocycles. The Morgan fingerprint density at radius 2 is 2.10 bits per heavy atom. The zero-order chi connectivity index (χ0) is 14.2. The molecule has 5 nitrogen and oxygen atoms in total. The van der Waals surface area contributed by atoms with Gasteiger partial charge in [0.1, 0.15) is 11.1 Å². The molecule has 1 aliphatic heterocycles. The predicted octanol–water partition coefficient (Wildman–Crippen LogP) is 1.60. The fourth-order valence-corrected chi connectivity index (χ4v) is 3.01. The van der Waals surface area contributed by atoms with Crippen LogP contribution < -0.4 is 5.73 Å². The second-order valence-electron chi connectivity index (χ2n) is 5.59. The summed E-state index contributed by atoms with van der Waals surface area (Å²) in [4.78, 5) is 17.4. The van der Waals surface area contributed by atoms with Crippen molar-refractivity contribution in [3.63, 3.8) is 0 Å². The van der Waals surface area contributed by atoms with Gasteiger partial charge in [0, 0.05) is 19.3 Å². The van der Waals surface area contributed by atoms with E-state index in [4.69, 9.17) is 15.3 Å². The van der Waals surface area contributed by atoms with Gasteiger partial charge in [0.05, 0.1) is 12.3 Å². The molecule has 0 aromatic heterocycles. The lowest BCUT2D eigenvalue weighted by Gasteiger charge is -2.47. The summed E-state index contributed by atoms with van der Waals surface area (Å²) in [6, 6.07) is 9.90. The molecule has 1 spiro atoms. The summed E-state index contributed by atoms with van der Waals surface area (Å²) in [5.74, 6) is -0.345. The third-order valence-electron chi connectivity index (χ3n) is 3.90. The fraction of sp³-hybridized carbons (Fsp3) is 0.467. The van der Waals surface area contributed by atoms with Gasteiger partial charge in [0.2, 0.25) is 0 Å². The van der Waals surface area contributed by atoms with E-state index in [1.165, 1.54) is 0 Å². The van der Waals surface area contributed by atoms with E-state index in [0.29, 0.717) is 25.9 Å². The molecule has 2 N–H and O–H groups in total. The molecule has 20 heavy (non-hydrogen) atoms. The van der Waals surface area contributed by atoms with Gasteiger partial charge in [-0.1, -0.05) is 35.5 Å². The molecule has 1 aromatic carbocycles. The smallest absolute Gasteiger partial charge is 0.326 e. The summed E-state index contributed by atoms with van der Waals surface area (Å²) in [6.07, 6.45) is 1.60. The van der Waals surface area contributed by atoms with E-state index >= 15 is 0 Å². The van der Waals surface area contributed by atoms with Crippen LogP contribution in [0.2, 0.25) is 0 Å². The molecule has 1 fully saturated rings. The first-order valence-electron chi connectivity index (χ1n) is 6.84. The van der Waals surface area contributed by atoms with Crippen molar-refractivity contribution in [2.45, 2.75) is 37.3 Å². The Labute approximate surface area is 117 Å².